The van der Waals surface area contributed by atoms with Crippen molar-refractivity contribution in [3.05, 3.63) is 71.5 Å². The maximum atomic E-state index is 13.2. The Morgan fingerprint density at radius 2 is 1.52 bits per heavy atom. The molecule has 2 aromatic carbocycles. The molecule has 0 N–H and O–H groups in total. The minimum atomic E-state index is -0.220. The summed E-state index contributed by atoms with van der Waals surface area (Å²) >= 11 is 0. The molecule has 1 unspecified atom stereocenters. The number of piperidine rings is 1. The Morgan fingerprint density at radius 1 is 0.905 bits per heavy atom. The van der Waals surface area contributed by atoms with E-state index in [0.717, 1.165) is 37.1 Å². The number of nitrogens with zero attached hydrogens (tertiary/aromatic N) is 1. The van der Waals surface area contributed by atoms with Gasteiger partial charge in [0.05, 0.1) is 6.10 Å². The monoisotopic (exact) mass is 284 g/mol. The van der Waals surface area contributed by atoms with Crippen LogP contribution in [0.3, 0.4) is 0 Å². The zero-order valence-electron chi connectivity index (χ0n) is 11.9. The Bertz CT molecular complexity index is 549. The summed E-state index contributed by atoms with van der Waals surface area (Å²) in [6, 6.07) is 16.7. The Morgan fingerprint density at radius 3 is 2.19 bits per heavy atom. The minimum absolute atomic E-state index is 0.144. The summed E-state index contributed by atoms with van der Waals surface area (Å²) < 4.78 is 19.5. The van der Waals surface area contributed by atoms with Crippen LogP contribution in [-0.4, -0.2) is 19.2 Å². The van der Waals surface area contributed by atoms with Gasteiger partial charge >= 0.3 is 0 Å². The van der Waals surface area contributed by atoms with E-state index in [-0.39, 0.29) is 18.0 Å². The van der Waals surface area contributed by atoms with Crippen molar-refractivity contribution >= 4 is 0 Å². The third-order valence-electron chi connectivity index (χ3n) is 3.82. The van der Waals surface area contributed by atoms with E-state index in [0.29, 0.717) is 0 Å². The van der Waals surface area contributed by atoms with Crippen molar-refractivity contribution in [2.24, 2.45) is 0 Å². The fourth-order valence-corrected chi connectivity index (χ4v) is 2.67. The maximum Gasteiger partial charge on any atom is 0.123 e. The summed E-state index contributed by atoms with van der Waals surface area (Å²) in [4.78, 5) is 0. The number of rotatable bonds is 4. The van der Waals surface area contributed by atoms with E-state index in [9.17, 15) is 4.39 Å². The molecule has 3 heteroatoms. The zero-order valence-corrected chi connectivity index (χ0v) is 11.9. The molecule has 0 bridgehead atoms. The van der Waals surface area contributed by atoms with Crippen molar-refractivity contribution in [2.45, 2.75) is 25.0 Å². The molecule has 2 nitrogen and oxygen atoms in total. The Kier molecular flexibility index (Phi) is 4.63. The molecule has 0 aromatic heterocycles. The van der Waals surface area contributed by atoms with Crippen molar-refractivity contribution in [1.82, 2.24) is 5.32 Å². The zero-order chi connectivity index (χ0) is 14.5. The largest absolute Gasteiger partial charge is 0.365 e. The fourth-order valence-electron chi connectivity index (χ4n) is 2.67. The number of ether oxygens (including phenoxy) is 1. The number of hydrogen-bond acceptors (Lipinski definition) is 1. The third-order valence-corrected chi connectivity index (χ3v) is 3.82. The predicted molar refractivity (Wildman–Crippen MR) is 80.7 cm³/mol. The van der Waals surface area contributed by atoms with E-state index in [1.165, 1.54) is 12.1 Å². The summed E-state index contributed by atoms with van der Waals surface area (Å²) in [7, 11) is 0. The van der Waals surface area contributed by atoms with Crippen molar-refractivity contribution in [2.75, 3.05) is 13.1 Å². The van der Waals surface area contributed by atoms with Crippen LogP contribution in [0.4, 0.5) is 4.39 Å². The highest BCUT2D eigenvalue weighted by atomic mass is 19.1. The molecule has 0 saturated carbocycles. The standard InChI is InChI=1S/C18H19FNO/c19-16-8-6-15(7-9-16)18(14-4-2-1-3-5-14)21-17-10-12-20-13-11-17/h1-9,17-18H,10-13H2. The Hall–Kier alpha value is -1.71. The SMILES string of the molecule is Fc1ccc(C(OC2CC[N]CC2)c2ccccc2)cc1. The van der Waals surface area contributed by atoms with Gasteiger partial charge in [0.25, 0.3) is 0 Å². The average Bonchev–Trinajstić information content (AvgIpc) is 2.55. The highest BCUT2D eigenvalue weighted by Gasteiger charge is 2.22. The van der Waals surface area contributed by atoms with Crippen LogP contribution in [0.25, 0.3) is 0 Å². The molecule has 1 heterocycles. The smallest absolute Gasteiger partial charge is 0.123 e. The second kappa shape index (κ2) is 6.83. The van der Waals surface area contributed by atoms with Gasteiger partial charge < -0.3 is 4.74 Å². The molecule has 1 aliphatic heterocycles. The van der Waals surface area contributed by atoms with Crippen molar-refractivity contribution in [1.29, 1.82) is 0 Å². The lowest BCUT2D eigenvalue weighted by molar-refractivity contribution is -0.00852. The van der Waals surface area contributed by atoms with Crippen molar-refractivity contribution in [3.8, 4) is 0 Å². The second-order valence-corrected chi connectivity index (χ2v) is 5.35. The topological polar surface area (TPSA) is 23.3 Å². The molecular weight excluding hydrogens is 265 g/mol. The van der Waals surface area contributed by atoms with Crippen molar-refractivity contribution in [3.63, 3.8) is 0 Å². The molecule has 3 rings (SSSR count). The highest BCUT2D eigenvalue weighted by Crippen LogP contribution is 2.29. The van der Waals surface area contributed by atoms with Gasteiger partial charge in [-0.2, -0.15) is 0 Å². The lowest BCUT2D eigenvalue weighted by Crippen LogP contribution is -2.29. The first-order chi connectivity index (χ1) is 10.3. The molecule has 0 aliphatic carbocycles. The van der Waals surface area contributed by atoms with Gasteiger partial charge in [-0.3, -0.25) is 0 Å². The second-order valence-electron chi connectivity index (χ2n) is 5.35. The Balaban J connectivity index is 1.85. The first kappa shape index (κ1) is 14.2. The third kappa shape index (κ3) is 3.69. The van der Waals surface area contributed by atoms with Crippen LogP contribution in [0.15, 0.2) is 54.6 Å². The van der Waals surface area contributed by atoms with Crippen molar-refractivity contribution < 1.29 is 9.13 Å². The van der Waals surface area contributed by atoms with Gasteiger partial charge in [0, 0.05) is 13.1 Å². The van der Waals surface area contributed by atoms with Crippen LogP contribution in [0, 0.1) is 5.82 Å². The molecule has 109 valence electrons. The molecule has 1 atom stereocenters. The number of hydrogen-bond donors (Lipinski definition) is 0. The van der Waals surface area contributed by atoms with Gasteiger partial charge in [-0.05, 0) is 36.1 Å². The summed E-state index contributed by atoms with van der Waals surface area (Å²) in [6.45, 7) is 1.74. The lowest BCUT2D eigenvalue weighted by atomic mass is 10.00. The van der Waals surface area contributed by atoms with Crippen LogP contribution in [0.2, 0.25) is 0 Å². The van der Waals surface area contributed by atoms with Gasteiger partial charge in [-0.15, -0.1) is 0 Å². The van der Waals surface area contributed by atoms with E-state index in [2.05, 4.69) is 17.4 Å². The number of benzene rings is 2. The van der Waals surface area contributed by atoms with E-state index >= 15 is 0 Å². The minimum Gasteiger partial charge on any atom is -0.365 e. The van der Waals surface area contributed by atoms with Crippen LogP contribution < -0.4 is 5.32 Å². The van der Waals surface area contributed by atoms with Gasteiger partial charge in [-0.1, -0.05) is 42.5 Å². The molecule has 1 saturated heterocycles. The highest BCUT2D eigenvalue weighted by molar-refractivity contribution is 5.30. The molecule has 21 heavy (non-hydrogen) atoms. The normalized spacial score (nSPS) is 17.6. The van der Waals surface area contributed by atoms with E-state index < -0.39 is 0 Å². The van der Waals surface area contributed by atoms with Crippen LogP contribution in [-0.2, 0) is 4.74 Å². The average molecular weight is 284 g/mol. The first-order valence-corrected chi connectivity index (χ1v) is 7.42. The molecule has 0 spiro atoms. The Labute approximate surface area is 125 Å². The molecule has 1 aliphatic rings. The van der Waals surface area contributed by atoms with Crippen LogP contribution in [0.5, 0.6) is 0 Å². The summed E-state index contributed by atoms with van der Waals surface area (Å²) in [5, 5.41) is 4.36. The predicted octanol–water partition coefficient (Wildman–Crippen LogP) is 3.70. The van der Waals surface area contributed by atoms with E-state index in [1.54, 1.807) is 12.1 Å². The summed E-state index contributed by atoms with van der Waals surface area (Å²) in [5.74, 6) is -0.220. The lowest BCUT2D eigenvalue weighted by Gasteiger charge is -2.28. The maximum absolute atomic E-state index is 13.2. The van der Waals surface area contributed by atoms with Gasteiger partial charge in [0.15, 0.2) is 0 Å². The van der Waals surface area contributed by atoms with Gasteiger partial charge in [0.2, 0.25) is 0 Å². The summed E-state index contributed by atoms with van der Waals surface area (Å²) in [5.41, 5.74) is 2.09. The number of halogens is 1. The van der Waals surface area contributed by atoms with Gasteiger partial charge in [-0.25, -0.2) is 9.71 Å². The molecule has 0 amide bonds. The molecule has 2 aromatic rings. The van der Waals surface area contributed by atoms with Crippen LogP contribution >= 0.6 is 0 Å². The quantitative estimate of drug-likeness (QED) is 0.839. The first-order valence-electron chi connectivity index (χ1n) is 7.42. The van der Waals surface area contributed by atoms with Crippen LogP contribution in [0.1, 0.15) is 30.1 Å². The molecule has 1 radical (unpaired) electrons. The molecule has 1 fully saturated rings. The van der Waals surface area contributed by atoms with E-state index in [1.807, 2.05) is 18.2 Å². The fraction of sp³-hybridized carbons (Fsp3) is 0.333. The van der Waals surface area contributed by atoms with Gasteiger partial charge in [0.1, 0.15) is 11.9 Å². The van der Waals surface area contributed by atoms with E-state index in [4.69, 9.17) is 4.74 Å². The summed E-state index contributed by atoms with van der Waals surface area (Å²) in [6.07, 6.45) is 2.00. The molecular formula is C18H19FNO.